The molecular formula is C13H9ClFN3O2. The molecule has 1 aromatic heterocycles. The highest BCUT2D eigenvalue weighted by molar-refractivity contribution is 6.30. The van der Waals surface area contributed by atoms with Crippen molar-refractivity contribution in [2.24, 2.45) is 0 Å². The van der Waals surface area contributed by atoms with Crippen molar-refractivity contribution in [1.82, 2.24) is 9.97 Å². The first kappa shape index (κ1) is 14.0. The average Bonchev–Trinajstić information content (AvgIpc) is 2.40. The van der Waals surface area contributed by atoms with Crippen LogP contribution in [0, 0.1) is 11.3 Å². The highest BCUT2D eigenvalue weighted by atomic mass is 35.5. The quantitative estimate of drug-likeness (QED) is 0.943. The van der Waals surface area contributed by atoms with E-state index in [4.69, 9.17) is 21.6 Å². The van der Waals surface area contributed by atoms with Gasteiger partial charge in [0, 0.05) is 5.02 Å². The van der Waals surface area contributed by atoms with Crippen molar-refractivity contribution in [3.8, 4) is 17.6 Å². The number of aromatic nitrogens is 2. The summed E-state index contributed by atoms with van der Waals surface area (Å²) in [6.07, 6.45) is -0.374. The van der Waals surface area contributed by atoms with Crippen molar-refractivity contribution in [2.45, 2.75) is 13.1 Å². The van der Waals surface area contributed by atoms with Gasteiger partial charge in [0.25, 0.3) is 5.56 Å². The Kier molecular flexibility index (Phi) is 4.01. The number of ether oxygens (including phenoxy) is 1. The zero-order chi connectivity index (χ0) is 14.7. The first-order chi connectivity index (χ1) is 9.51. The number of nitrogens with one attached hydrogen (secondary N) is 1. The number of alkyl halides is 1. The molecule has 20 heavy (non-hydrogen) atoms. The highest BCUT2D eigenvalue weighted by Crippen LogP contribution is 2.28. The summed E-state index contributed by atoms with van der Waals surface area (Å²) in [5, 5.41) is 9.12. The molecular weight excluding hydrogens is 285 g/mol. The molecule has 0 spiro atoms. The SMILES string of the molecule is CC(F)c1nc[nH]c(=O)c1Oc1cc(Cl)cc(C#N)c1. The summed E-state index contributed by atoms with van der Waals surface area (Å²) in [6, 6.07) is 6.16. The molecule has 7 heteroatoms. The van der Waals surface area contributed by atoms with Crippen LogP contribution in [-0.4, -0.2) is 9.97 Å². The Morgan fingerprint density at radius 2 is 2.25 bits per heavy atom. The number of hydrogen-bond acceptors (Lipinski definition) is 4. The van der Waals surface area contributed by atoms with Crippen molar-refractivity contribution < 1.29 is 9.13 Å². The normalized spacial score (nSPS) is 11.7. The minimum atomic E-state index is -1.47. The lowest BCUT2D eigenvalue weighted by molar-refractivity contribution is 0.347. The van der Waals surface area contributed by atoms with Gasteiger partial charge >= 0.3 is 0 Å². The fraction of sp³-hybridized carbons (Fsp3) is 0.154. The maximum absolute atomic E-state index is 13.4. The van der Waals surface area contributed by atoms with Crippen LogP contribution in [0.4, 0.5) is 4.39 Å². The molecule has 1 atom stereocenters. The van der Waals surface area contributed by atoms with Gasteiger partial charge in [0.15, 0.2) is 0 Å². The number of nitriles is 1. The van der Waals surface area contributed by atoms with Crippen molar-refractivity contribution in [3.05, 3.63) is 51.2 Å². The molecule has 0 fully saturated rings. The lowest BCUT2D eigenvalue weighted by Gasteiger charge is -2.10. The second kappa shape index (κ2) is 5.72. The number of hydrogen-bond donors (Lipinski definition) is 1. The molecule has 1 aromatic carbocycles. The van der Waals surface area contributed by atoms with E-state index >= 15 is 0 Å². The Bertz CT molecular complexity index is 737. The summed E-state index contributed by atoms with van der Waals surface area (Å²) in [6.45, 7) is 1.24. The van der Waals surface area contributed by atoms with E-state index in [1.165, 1.54) is 25.1 Å². The molecule has 102 valence electrons. The van der Waals surface area contributed by atoms with Gasteiger partial charge in [-0.15, -0.1) is 0 Å². The first-order valence-corrected chi connectivity index (χ1v) is 5.99. The molecule has 0 saturated heterocycles. The smallest absolute Gasteiger partial charge is 0.294 e. The van der Waals surface area contributed by atoms with Crippen LogP contribution < -0.4 is 10.3 Å². The highest BCUT2D eigenvalue weighted by Gasteiger charge is 2.17. The van der Waals surface area contributed by atoms with E-state index in [9.17, 15) is 9.18 Å². The molecule has 2 rings (SSSR count). The molecule has 0 aliphatic heterocycles. The summed E-state index contributed by atoms with van der Waals surface area (Å²) in [7, 11) is 0. The predicted octanol–water partition coefficient (Wildman–Crippen LogP) is 3.12. The molecule has 1 heterocycles. The van der Waals surface area contributed by atoms with Crippen molar-refractivity contribution >= 4 is 11.6 Å². The third-order valence-corrected chi connectivity index (χ3v) is 2.65. The second-order valence-corrected chi connectivity index (χ2v) is 4.39. The molecule has 2 aromatic rings. The van der Waals surface area contributed by atoms with E-state index in [1.54, 1.807) is 0 Å². The third-order valence-electron chi connectivity index (χ3n) is 2.44. The fourth-order valence-electron chi connectivity index (χ4n) is 1.59. The van der Waals surface area contributed by atoms with Crippen molar-refractivity contribution in [1.29, 1.82) is 5.26 Å². The van der Waals surface area contributed by atoms with E-state index in [-0.39, 0.29) is 27.8 Å². The Labute approximate surface area is 118 Å². The van der Waals surface area contributed by atoms with Gasteiger partial charge in [-0.25, -0.2) is 9.37 Å². The predicted molar refractivity (Wildman–Crippen MR) is 70.6 cm³/mol. The Hall–Kier alpha value is -2.39. The van der Waals surface area contributed by atoms with Crippen molar-refractivity contribution in [3.63, 3.8) is 0 Å². The Balaban J connectivity index is 2.48. The van der Waals surface area contributed by atoms with Gasteiger partial charge in [0.1, 0.15) is 17.6 Å². The Morgan fingerprint density at radius 3 is 2.90 bits per heavy atom. The lowest BCUT2D eigenvalue weighted by Crippen LogP contribution is -2.13. The first-order valence-electron chi connectivity index (χ1n) is 5.61. The fourth-order valence-corrected chi connectivity index (χ4v) is 1.81. The summed E-state index contributed by atoms with van der Waals surface area (Å²) in [5.41, 5.74) is -0.465. The van der Waals surface area contributed by atoms with Gasteiger partial charge < -0.3 is 9.72 Å². The van der Waals surface area contributed by atoms with E-state index in [0.29, 0.717) is 0 Å². The molecule has 1 unspecified atom stereocenters. The number of aromatic amines is 1. The summed E-state index contributed by atoms with van der Waals surface area (Å²) in [5.74, 6) is -0.0943. The number of nitrogens with zero attached hydrogens (tertiary/aromatic N) is 2. The molecule has 0 bridgehead atoms. The topological polar surface area (TPSA) is 78.8 Å². The molecule has 5 nitrogen and oxygen atoms in total. The van der Waals surface area contributed by atoms with Crippen LogP contribution in [-0.2, 0) is 0 Å². The largest absolute Gasteiger partial charge is 0.449 e. The Morgan fingerprint density at radius 1 is 1.50 bits per heavy atom. The van der Waals surface area contributed by atoms with E-state index in [1.807, 2.05) is 6.07 Å². The van der Waals surface area contributed by atoms with Gasteiger partial charge in [-0.05, 0) is 25.1 Å². The summed E-state index contributed by atoms with van der Waals surface area (Å²) < 4.78 is 18.8. The lowest BCUT2D eigenvalue weighted by atomic mass is 10.2. The average molecular weight is 294 g/mol. The molecule has 0 amide bonds. The van der Waals surface area contributed by atoms with E-state index < -0.39 is 11.7 Å². The van der Waals surface area contributed by atoms with Crippen LogP contribution in [0.25, 0.3) is 0 Å². The minimum Gasteiger partial charge on any atom is -0.449 e. The van der Waals surface area contributed by atoms with Gasteiger partial charge in [0.2, 0.25) is 5.75 Å². The van der Waals surface area contributed by atoms with Crippen LogP contribution in [0.1, 0.15) is 24.4 Å². The molecule has 1 N–H and O–H groups in total. The number of rotatable bonds is 3. The second-order valence-electron chi connectivity index (χ2n) is 3.95. The molecule has 0 aliphatic carbocycles. The van der Waals surface area contributed by atoms with Crippen LogP contribution in [0.15, 0.2) is 29.3 Å². The zero-order valence-electron chi connectivity index (χ0n) is 10.4. The zero-order valence-corrected chi connectivity index (χ0v) is 11.1. The number of H-pyrrole nitrogens is 1. The molecule has 0 saturated carbocycles. The standard InChI is InChI=1S/C13H9ClFN3O2/c1-7(15)11-12(13(19)18-6-17-11)20-10-3-8(5-16)2-9(14)4-10/h2-4,6-7H,1H3,(H,17,18,19). The van der Waals surface area contributed by atoms with Gasteiger partial charge in [-0.2, -0.15) is 5.26 Å². The van der Waals surface area contributed by atoms with E-state index in [0.717, 1.165) is 6.33 Å². The summed E-state index contributed by atoms with van der Waals surface area (Å²) >= 11 is 5.83. The maximum atomic E-state index is 13.4. The van der Waals surface area contributed by atoms with Crippen LogP contribution in [0.5, 0.6) is 11.5 Å². The van der Waals surface area contributed by atoms with Gasteiger partial charge in [0.05, 0.1) is 18.0 Å². The monoisotopic (exact) mass is 293 g/mol. The van der Waals surface area contributed by atoms with Crippen molar-refractivity contribution in [2.75, 3.05) is 0 Å². The molecule has 0 radical (unpaired) electrons. The third kappa shape index (κ3) is 2.95. The maximum Gasteiger partial charge on any atom is 0.294 e. The summed E-state index contributed by atoms with van der Waals surface area (Å²) in [4.78, 5) is 17.8. The van der Waals surface area contributed by atoms with Crippen LogP contribution in [0.2, 0.25) is 5.02 Å². The van der Waals surface area contributed by atoms with Gasteiger partial charge in [-0.1, -0.05) is 11.6 Å². The van der Waals surface area contributed by atoms with Crippen LogP contribution >= 0.6 is 11.6 Å². The van der Waals surface area contributed by atoms with Crippen LogP contribution in [0.3, 0.4) is 0 Å². The number of benzene rings is 1. The number of halogens is 2. The van der Waals surface area contributed by atoms with Gasteiger partial charge in [-0.3, -0.25) is 4.79 Å². The minimum absolute atomic E-state index is 0.118. The molecule has 0 aliphatic rings. The van der Waals surface area contributed by atoms with E-state index in [2.05, 4.69) is 9.97 Å².